The van der Waals surface area contributed by atoms with Crippen molar-refractivity contribution in [1.82, 2.24) is 19.9 Å². The summed E-state index contributed by atoms with van der Waals surface area (Å²) in [6.45, 7) is 2.92. The molecule has 1 atom stereocenters. The van der Waals surface area contributed by atoms with Gasteiger partial charge < -0.3 is 14.4 Å². The van der Waals surface area contributed by atoms with Crippen LogP contribution in [-0.2, 0) is 6.54 Å². The summed E-state index contributed by atoms with van der Waals surface area (Å²) in [6.07, 6.45) is 6.09. The Morgan fingerprint density at radius 2 is 1.70 bits per heavy atom. The Balaban J connectivity index is 1.72. The zero-order chi connectivity index (χ0) is 18.8. The minimum absolute atomic E-state index is 0.208. The van der Waals surface area contributed by atoms with E-state index in [-0.39, 0.29) is 6.04 Å². The summed E-state index contributed by atoms with van der Waals surface area (Å²) in [7, 11) is 3.32. The number of methoxy groups -OCH3 is 2. The van der Waals surface area contributed by atoms with E-state index in [1.807, 2.05) is 6.07 Å². The molecule has 0 saturated carbocycles. The van der Waals surface area contributed by atoms with Crippen molar-refractivity contribution < 1.29 is 9.47 Å². The molecule has 0 radical (unpaired) electrons. The Hall–Kier alpha value is -3.22. The molecule has 138 valence electrons. The SMILES string of the molecule is CCC1c2cc(OC)c(OC)cc2CN1c1ccnc(-c2ncccn2)n1. The molecule has 1 aliphatic rings. The van der Waals surface area contributed by atoms with Crippen LogP contribution in [0, 0.1) is 0 Å². The van der Waals surface area contributed by atoms with Crippen molar-refractivity contribution in [2.24, 2.45) is 0 Å². The number of hydrogen-bond donors (Lipinski definition) is 0. The van der Waals surface area contributed by atoms with Crippen LogP contribution in [0.1, 0.15) is 30.5 Å². The van der Waals surface area contributed by atoms with Crippen molar-refractivity contribution in [2.75, 3.05) is 19.1 Å². The fraction of sp³-hybridized carbons (Fsp3) is 0.300. The second-order valence-electron chi connectivity index (χ2n) is 6.27. The first-order chi connectivity index (χ1) is 13.2. The quantitative estimate of drug-likeness (QED) is 0.687. The normalized spacial score (nSPS) is 15.5. The van der Waals surface area contributed by atoms with Crippen molar-refractivity contribution in [3.05, 3.63) is 54.0 Å². The molecular weight excluding hydrogens is 342 g/mol. The number of hydrogen-bond acceptors (Lipinski definition) is 7. The van der Waals surface area contributed by atoms with Gasteiger partial charge in [0.15, 0.2) is 23.1 Å². The maximum absolute atomic E-state index is 5.49. The fourth-order valence-corrected chi connectivity index (χ4v) is 3.56. The number of ether oxygens (including phenoxy) is 2. The molecule has 0 fully saturated rings. The van der Waals surface area contributed by atoms with Crippen LogP contribution < -0.4 is 14.4 Å². The van der Waals surface area contributed by atoms with Gasteiger partial charge in [-0.25, -0.2) is 19.9 Å². The van der Waals surface area contributed by atoms with E-state index >= 15 is 0 Å². The predicted molar refractivity (Wildman–Crippen MR) is 102 cm³/mol. The second kappa shape index (κ2) is 7.19. The van der Waals surface area contributed by atoms with Crippen LogP contribution in [0.3, 0.4) is 0 Å². The Kier molecular flexibility index (Phi) is 4.58. The highest BCUT2D eigenvalue weighted by molar-refractivity contribution is 5.58. The molecule has 0 aliphatic carbocycles. The van der Waals surface area contributed by atoms with Crippen molar-refractivity contribution in [3.8, 4) is 23.1 Å². The monoisotopic (exact) mass is 363 g/mol. The number of fused-ring (bicyclic) bond motifs is 1. The van der Waals surface area contributed by atoms with Gasteiger partial charge in [-0.15, -0.1) is 0 Å². The van der Waals surface area contributed by atoms with Crippen LogP contribution in [0.2, 0.25) is 0 Å². The molecule has 1 aliphatic heterocycles. The van der Waals surface area contributed by atoms with E-state index < -0.39 is 0 Å². The van der Waals surface area contributed by atoms with Crippen molar-refractivity contribution in [2.45, 2.75) is 25.9 Å². The van der Waals surface area contributed by atoms with Gasteiger partial charge in [-0.1, -0.05) is 6.92 Å². The molecule has 3 aromatic rings. The van der Waals surface area contributed by atoms with E-state index in [2.05, 4.69) is 38.9 Å². The number of aromatic nitrogens is 4. The van der Waals surface area contributed by atoms with E-state index in [9.17, 15) is 0 Å². The van der Waals surface area contributed by atoms with Gasteiger partial charge in [0.2, 0.25) is 0 Å². The van der Waals surface area contributed by atoms with Crippen LogP contribution in [-0.4, -0.2) is 34.2 Å². The standard InChI is InChI=1S/C20H21N5O2/c1-4-15-14-11-17(27-3)16(26-2)10-13(14)12-25(15)18-6-9-23-20(24-18)19-21-7-5-8-22-19/h5-11,15H,4,12H2,1-3H3. The lowest BCUT2D eigenvalue weighted by molar-refractivity contribution is 0.354. The van der Waals surface area contributed by atoms with Gasteiger partial charge in [0.1, 0.15) is 5.82 Å². The number of nitrogens with zero attached hydrogens (tertiary/aromatic N) is 5. The van der Waals surface area contributed by atoms with E-state index in [1.54, 1.807) is 38.9 Å². The van der Waals surface area contributed by atoms with Crippen LogP contribution in [0.5, 0.6) is 11.5 Å². The summed E-state index contributed by atoms with van der Waals surface area (Å²) in [5.41, 5.74) is 2.46. The molecule has 0 saturated heterocycles. The zero-order valence-electron chi connectivity index (χ0n) is 15.6. The molecule has 0 bridgehead atoms. The molecule has 27 heavy (non-hydrogen) atoms. The lowest BCUT2D eigenvalue weighted by atomic mass is 10.0. The first-order valence-electron chi connectivity index (χ1n) is 8.87. The first kappa shape index (κ1) is 17.2. The molecule has 7 heteroatoms. The van der Waals surface area contributed by atoms with Crippen molar-refractivity contribution >= 4 is 5.82 Å². The van der Waals surface area contributed by atoms with Crippen LogP contribution in [0.4, 0.5) is 5.82 Å². The van der Waals surface area contributed by atoms with Crippen LogP contribution >= 0.6 is 0 Å². The minimum Gasteiger partial charge on any atom is -0.493 e. The largest absolute Gasteiger partial charge is 0.493 e. The number of anilines is 1. The topological polar surface area (TPSA) is 73.3 Å². The number of benzene rings is 1. The van der Waals surface area contributed by atoms with Crippen molar-refractivity contribution in [1.29, 1.82) is 0 Å². The van der Waals surface area contributed by atoms with Gasteiger partial charge in [-0.05, 0) is 41.8 Å². The Morgan fingerprint density at radius 1 is 1.00 bits per heavy atom. The van der Waals surface area contributed by atoms with Gasteiger partial charge in [-0.2, -0.15) is 0 Å². The Morgan fingerprint density at radius 3 is 2.41 bits per heavy atom. The Bertz CT molecular complexity index is 948. The highest BCUT2D eigenvalue weighted by Crippen LogP contribution is 2.43. The molecule has 7 nitrogen and oxygen atoms in total. The molecule has 2 aromatic heterocycles. The summed E-state index contributed by atoms with van der Waals surface area (Å²) in [6, 6.07) is 8.04. The van der Waals surface area contributed by atoms with E-state index in [1.165, 1.54) is 11.1 Å². The Labute approximate surface area is 158 Å². The third kappa shape index (κ3) is 3.05. The lowest BCUT2D eigenvalue weighted by Crippen LogP contribution is -2.22. The first-order valence-corrected chi connectivity index (χ1v) is 8.87. The summed E-state index contributed by atoms with van der Waals surface area (Å²) >= 11 is 0. The third-order valence-electron chi connectivity index (χ3n) is 4.81. The molecule has 0 spiro atoms. The van der Waals surface area contributed by atoms with Crippen LogP contribution in [0.15, 0.2) is 42.9 Å². The zero-order valence-corrected chi connectivity index (χ0v) is 15.6. The summed E-state index contributed by atoms with van der Waals surface area (Å²) < 4.78 is 10.9. The maximum atomic E-state index is 5.49. The molecular formula is C20H21N5O2. The van der Waals surface area contributed by atoms with Gasteiger partial charge in [0, 0.05) is 25.1 Å². The highest BCUT2D eigenvalue weighted by atomic mass is 16.5. The van der Waals surface area contributed by atoms with Gasteiger partial charge in [-0.3, -0.25) is 0 Å². The molecule has 1 unspecified atom stereocenters. The molecule has 0 N–H and O–H groups in total. The average molecular weight is 363 g/mol. The molecule has 3 heterocycles. The van der Waals surface area contributed by atoms with E-state index in [0.29, 0.717) is 11.6 Å². The molecule has 0 amide bonds. The van der Waals surface area contributed by atoms with Crippen LogP contribution in [0.25, 0.3) is 11.6 Å². The molecule has 1 aromatic carbocycles. The highest BCUT2D eigenvalue weighted by Gasteiger charge is 2.31. The fourth-order valence-electron chi connectivity index (χ4n) is 3.56. The number of rotatable bonds is 5. The van der Waals surface area contributed by atoms with Gasteiger partial charge in [0.25, 0.3) is 0 Å². The van der Waals surface area contributed by atoms with E-state index in [0.717, 1.165) is 30.3 Å². The lowest BCUT2D eigenvalue weighted by Gasteiger charge is -2.25. The predicted octanol–water partition coefficient (Wildman–Crippen LogP) is 3.42. The summed E-state index contributed by atoms with van der Waals surface area (Å²) in [4.78, 5) is 19.8. The summed E-state index contributed by atoms with van der Waals surface area (Å²) in [5, 5.41) is 0. The second-order valence-corrected chi connectivity index (χ2v) is 6.27. The van der Waals surface area contributed by atoms with Gasteiger partial charge in [0.05, 0.1) is 20.3 Å². The average Bonchev–Trinajstić information content (AvgIpc) is 3.10. The van der Waals surface area contributed by atoms with E-state index in [4.69, 9.17) is 14.5 Å². The molecule has 4 rings (SSSR count). The van der Waals surface area contributed by atoms with Crippen molar-refractivity contribution in [3.63, 3.8) is 0 Å². The smallest absolute Gasteiger partial charge is 0.199 e. The summed E-state index contributed by atoms with van der Waals surface area (Å²) in [5.74, 6) is 3.39. The van der Waals surface area contributed by atoms with Gasteiger partial charge >= 0.3 is 0 Å². The maximum Gasteiger partial charge on any atom is 0.199 e. The third-order valence-corrected chi connectivity index (χ3v) is 4.81. The minimum atomic E-state index is 0.208.